The summed E-state index contributed by atoms with van der Waals surface area (Å²) >= 11 is 3.41. The van der Waals surface area contributed by atoms with E-state index in [0.29, 0.717) is 12.4 Å². The van der Waals surface area contributed by atoms with E-state index in [1.165, 1.54) is 0 Å². The van der Waals surface area contributed by atoms with E-state index in [9.17, 15) is 0 Å². The number of nitrogens with zero attached hydrogens (tertiary/aromatic N) is 4. The van der Waals surface area contributed by atoms with Gasteiger partial charge in [-0.15, -0.1) is 0 Å². The van der Waals surface area contributed by atoms with Gasteiger partial charge in [0.25, 0.3) is 0 Å². The summed E-state index contributed by atoms with van der Waals surface area (Å²) in [6.45, 7) is 5.48. The molecule has 0 aromatic carbocycles. The Kier molecular flexibility index (Phi) is 3.00. The van der Waals surface area contributed by atoms with E-state index in [-0.39, 0.29) is 0 Å². The van der Waals surface area contributed by atoms with Gasteiger partial charge in [-0.25, -0.2) is 4.68 Å². The molecule has 0 aliphatic rings. The van der Waals surface area contributed by atoms with Crippen molar-refractivity contribution in [3.63, 3.8) is 0 Å². The van der Waals surface area contributed by atoms with Crippen LogP contribution < -0.4 is 5.73 Å². The second kappa shape index (κ2) is 4.29. The molecule has 86 valence electrons. The van der Waals surface area contributed by atoms with Gasteiger partial charge in [0.1, 0.15) is 5.82 Å². The first-order valence-electron chi connectivity index (χ1n) is 5.12. The van der Waals surface area contributed by atoms with Gasteiger partial charge in [-0.05, 0) is 35.8 Å². The van der Waals surface area contributed by atoms with Crippen LogP contribution in [0.5, 0.6) is 0 Å². The van der Waals surface area contributed by atoms with E-state index in [2.05, 4.69) is 33.1 Å². The summed E-state index contributed by atoms with van der Waals surface area (Å²) in [6, 6.07) is 1.98. The Morgan fingerprint density at radius 1 is 1.44 bits per heavy atom. The van der Waals surface area contributed by atoms with Crippen molar-refractivity contribution in [1.82, 2.24) is 19.6 Å². The van der Waals surface area contributed by atoms with Crippen LogP contribution >= 0.6 is 15.9 Å². The van der Waals surface area contributed by atoms with Gasteiger partial charge in [-0.1, -0.05) is 0 Å². The molecule has 0 saturated heterocycles. The van der Waals surface area contributed by atoms with Gasteiger partial charge in [0.2, 0.25) is 0 Å². The average molecular weight is 284 g/mol. The highest BCUT2D eigenvalue weighted by Crippen LogP contribution is 2.23. The zero-order valence-corrected chi connectivity index (χ0v) is 10.9. The van der Waals surface area contributed by atoms with Crippen molar-refractivity contribution in [2.45, 2.75) is 26.9 Å². The lowest BCUT2D eigenvalue weighted by Crippen LogP contribution is -2.11. The maximum Gasteiger partial charge on any atom is 0.136 e. The predicted octanol–water partition coefficient (Wildman–Crippen LogP) is 1.80. The molecule has 0 radical (unpaired) electrons. The van der Waals surface area contributed by atoms with Gasteiger partial charge in [0.15, 0.2) is 0 Å². The number of hydrogen-bond donors (Lipinski definition) is 1. The maximum atomic E-state index is 5.94. The molecule has 0 amide bonds. The third kappa shape index (κ3) is 1.84. The highest BCUT2D eigenvalue weighted by molar-refractivity contribution is 9.10. The third-order valence-corrected chi connectivity index (χ3v) is 3.49. The Morgan fingerprint density at radius 3 is 2.75 bits per heavy atom. The first kappa shape index (κ1) is 11.2. The summed E-state index contributed by atoms with van der Waals surface area (Å²) in [4.78, 5) is 0. The summed E-state index contributed by atoms with van der Waals surface area (Å²) in [6.07, 6.45) is 1.79. The van der Waals surface area contributed by atoms with Gasteiger partial charge in [0, 0.05) is 12.7 Å². The number of nitrogen functional groups attached to an aromatic ring is 1. The number of aromatic nitrogens is 4. The quantitative estimate of drug-likeness (QED) is 0.934. The van der Waals surface area contributed by atoms with Crippen molar-refractivity contribution < 1.29 is 0 Å². The first-order chi connectivity index (χ1) is 7.63. The Bertz CT molecular complexity index is 499. The summed E-state index contributed by atoms with van der Waals surface area (Å²) < 4.78 is 4.59. The van der Waals surface area contributed by atoms with Gasteiger partial charge in [-0.3, -0.25) is 4.68 Å². The van der Waals surface area contributed by atoms with Crippen LogP contribution in [-0.4, -0.2) is 19.6 Å². The van der Waals surface area contributed by atoms with Gasteiger partial charge in [-0.2, -0.15) is 10.2 Å². The molecule has 0 bridgehead atoms. The number of halogens is 1. The summed E-state index contributed by atoms with van der Waals surface area (Å²) in [5.74, 6) is 0.654. The maximum absolute atomic E-state index is 5.94. The molecule has 2 rings (SSSR count). The van der Waals surface area contributed by atoms with E-state index in [4.69, 9.17) is 5.73 Å². The van der Waals surface area contributed by atoms with Crippen LogP contribution in [0.1, 0.15) is 18.3 Å². The Hall–Kier alpha value is -1.30. The molecule has 2 N–H and O–H groups in total. The van der Waals surface area contributed by atoms with Crippen LogP contribution in [-0.2, 0) is 13.1 Å². The molecule has 2 aromatic heterocycles. The van der Waals surface area contributed by atoms with E-state index in [0.717, 1.165) is 22.4 Å². The Balaban J connectivity index is 2.30. The fraction of sp³-hybridized carbons (Fsp3) is 0.400. The number of hydrogen-bond acceptors (Lipinski definition) is 3. The van der Waals surface area contributed by atoms with Gasteiger partial charge >= 0.3 is 0 Å². The lowest BCUT2D eigenvalue weighted by Gasteiger charge is -2.06. The molecule has 6 heteroatoms. The average Bonchev–Trinajstić information content (AvgIpc) is 2.81. The highest BCUT2D eigenvalue weighted by Gasteiger charge is 2.11. The van der Waals surface area contributed by atoms with Crippen LogP contribution in [0, 0.1) is 6.92 Å². The van der Waals surface area contributed by atoms with Gasteiger partial charge in [0.05, 0.1) is 22.4 Å². The van der Waals surface area contributed by atoms with E-state index in [1.54, 1.807) is 10.9 Å². The fourth-order valence-corrected chi connectivity index (χ4v) is 1.91. The molecule has 0 fully saturated rings. The minimum atomic E-state index is 0.645. The van der Waals surface area contributed by atoms with E-state index >= 15 is 0 Å². The van der Waals surface area contributed by atoms with E-state index in [1.807, 2.05) is 17.7 Å². The number of aryl methyl sites for hydroxylation is 2. The van der Waals surface area contributed by atoms with Crippen LogP contribution in [0.15, 0.2) is 16.7 Å². The summed E-state index contributed by atoms with van der Waals surface area (Å²) in [5, 5.41) is 8.58. The minimum Gasteiger partial charge on any atom is -0.383 e. The highest BCUT2D eigenvalue weighted by atomic mass is 79.9. The van der Waals surface area contributed by atoms with Crippen LogP contribution in [0.25, 0.3) is 0 Å². The van der Waals surface area contributed by atoms with Crippen LogP contribution in [0.2, 0.25) is 0 Å². The smallest absolute Gasteiger partial charge is 0.136 e. The lowest BCUT2D eigenvalue weighted by atomic mass is 10.4. The minimum absolute atomic E-state index is 0.645. The molecule has 0 unspecified atom stereocenters. The van der Waals surface area contributed by atoms with Crippen molar-refractivity contribution in [2.24, 2.45) is 0 Å². The molecule has 0 atom stereocenters. The number of anilines is 1. The van der Waals surface area contributed by atoms with Gasteiger partial charge < -0.3 is 5.73 Å². The SMILES string of the molecule is CCn1nccc1Cn1nc(C)c(Br)c1N. The molecule has 0 saturated carbocycles. The summed E-state index contributed by atoms with van der Waals surface area (Å²) in [5.41, 5.74) is 7.94. The lowest BCUT2D eigenvalue weighted by molar-refractivity contribution is 0.579. The molecule has 16 heavy (non-hydrogen) atoms. The number of nitrogens with two attached hydrogens (primary N) is 1. The Morgan fingerprint density at radius 2 is 2.19 bits per heavy atom. The zero-order chi connectivity index (χ0) is 11.7. The van der Waals surface area contributed by atoms with E-state index < -0.39 is 0 Å². The van der Waals surface area contributed by atoms with Crippen molar-refractivity contribution in [2.75, 3.05) is 5.73 Å². The van der Waals surface area contributed by atoms with Crippen LogP contribution in [0.4, 0.5) is 5.82 Å². The van der Waals surface area contributed by atoms with Crippen molar-refractivity contribution >= 4 is 21.7 Å². The molecular formula is C10H14BrN5. The van der Waals surface area contributed by atoms with Crippen molar-refractivity contribution in [3.05, 3.63) is 28.1 Å². The molecule has 0 aliphatic carbocycles. The second-order valence-electron chi connectivity index (χ2n) is 3.58. The standard InChI is InChI=1S/C10H14BrN5/c1-3-15-8(4-5-13-15)6-16-10(12)9(11)7(2)14-16/h4-5H,3,6,12H2,1-2H3. The number of rotatable bonds is 3. The topological polar surface area (TPSA) is 61.7 Å². The van der Waals surface area contributed by atoms with Crippen molar-refractivity contribution in [1.29, 1.82) is 0 Å². The largest absolute Gasteiger partial charge is 0.383 e. The first-order valence-corrected chi connectivity index (χ1v) is 5.91. The molecule has 2 heterocycles. The molecular weight excluding hydrogens is 270 g/mol. The van der Waals surface area contributed by atoms with Crippen LogP contribution in [0.3, 0.4) is 0 Å². The van der Waals surface area contributed by atoms with Crippen molar-refractivity contribution in [3.8, 4) is 0 Å². The Labute approximate surface area is 102 Å². The summed E-state index contributed by atoms with van der Waals surface area (Å²) in [7, 11) is 0. The normalized spacial score (nSPS) is 10.9. The fourth-order valence-electron chi connectivity index (χ4n) is 1.63. The predicted molar refractivity (Wildman–Crippen MR) is 66.1 cm³/mol. The second-order valence-corrected chi connectivity index (χ2v) is 4.37. The monoisotopic (exact) mass is 283 g/mol. The molecule has 0 aliphatic heterocycles. The molecule has 0 spiro atoms. The molecule has 5 nitrogen and oxygen atoms in total. The zero-order valence-electron chi connectivity index (χ0n) is 9.31. The molecule has 2 aromatic rings. The third-order valence-electron chi connectivity index (χ3n) is 2.51.